The van der Waals surface area contributed by atoms with Gasteiger partial charge in [-0.3, -0.25) is 0 Å². The summed E-state index contributed by atoms with van der Waals surface area (Å²) in [5.41, 5.74) is 5.59. The second-order valence-electron chi connectivity index (χ2n) is 9.26. The molecule has 1 aromatic heterocycles. The van der Waals surface area contributed by atoms with Crippen molar-refractivity contribution in [1.82, 2.24) is 4.57 Å². The smallest absolute Gasteiger partial charge is 0.352 e. The van der Waals surface area contributed by atoms with Crippen LogP contribution in [-0.4, -0.2) is 15.6 Å². The first kappa shape index (κ1) is 17.8. The van der Waals surface area contributed by atoms with E-state index in [4.69, 9.17) is 0 Å². The number of fused-ring (bicyclic) bond motifs is 2. The maximum Gasteiger partial charge on any atom is 0.352 e. The summed E-state index contributed by atoms with van der Waals surface area (Å²) in [5.74, 6) is -0.900. The predicted octanol–water partition coefficient (Wildman–Crippen LogP) is 5.89. The minimum absolute atomic E-state index is 0.179. The molecule has 0 fully saturated rings. The molecule has 0 saturated carbocycles. The number of carboxylic acid groups (broad SMARTS) is 1. The van der Waals surface area contributed by atoms with Gasteiger partial charge in [0.05, 0.1) is 0 Å². The number of aryl methyl sites for hydroxylation is 1. The highest BCUT2D eigenvalue weighted by Crippen LogP contribution is 2.47. The minimum atomic E-state index is -0.900. The normalized spacial score (nSPS) is 17.7. The fraction of sp³-hybridized carbons (Fsp3) is 0.375. The molecule has 140 valence electrons. The Balaban J connectivity index is 1.89. The summed E-state index contributed by atoms with van der Waals surface area (Å²) in [4.78, 5) is 11.4. The van der Waals surface area contributed by atoms with Gasteiger partial charge in [-0.1, -0.05) is 52.0 Å². The summed E-state index contributed by atoms with van der Waals surface area (Å²) in [6.07, 6.45) is 4.29. The number of rotatable bonds is 2. The topological polar surface area (TPSA) is 42.2 Å². The van der Waals surface area contributed by atoms with Crippen LogP contribution in [0.3, 0.4) is 0 Å². The average Bonchev–Trinajstić information content (AvgIpc) is 3.00. The summed E-state index contributed by atoms with van der Waals surface area (Å²) in [6, 6.07) is 12.9. The van der Waals surface area contributed by atoms with E-state index in [9.17, 15) is 9.90 Å². The monoisotopic (exact) mass is 361 g/mol. The van der Waals surface area contributed by atoms with E-state index < -0.39 is 5.97 Å². The van der Waals surface area contributed by atoms with E-state index in [-0.39, 0.29) is 10.8 Å². The van der Waals surface area contributed by atoms with Crippen LogP contribution in [0.5, 0.6) is 0 Å². The van der Waals surface area contributed by atoms with Gasteiger partial charge in [0, 0.05) is 18.8 Å². The number of carbonyl (C=O) groups is 1. The fourth-order valence-corrected chi connectivity index (χ4v) is 4.43. The third-order valence-corrected chi connectivity index (χ3v) is 6.37. The Hall–Kier alpha value is -2.55. The van der Waals surface area contributed by atoms with Gasteiger partial charge < -0.3 is 9.67 Å². The number of hydrogen-bond donors (Lipinski definition) is 1. The molecule has 0 amide bonds. The molecule has 1 heterocycles. The van der Waals surface area contributed by atoms with E-state index in [1.54, 1.807) is 17.7 Å². The van der Waals surface area contributed by atoms with E-state index >= 15 is 0 Å². The molecule has 0 aliphatic heterocycles. The minimum Gasteiger partial charge on any atom is -0.477 e. The van der Waals surface area contributed by atoms with Crippen LogP contribution in [0, 0.1) is 0 Å². The van der Waals surface area contributed by atoms with Crippen molar-refractivity contribution in [3.8, 4) is 11.1 Å². The van der Waals surface area contributed by atoms with Crippen LogP contribution in [0.4, 0.5) is 0 Å². The first-order valence-electron chi connectivity index (χ1n) is 9.57. The SMILES string of the molecule is Cn1cc(-c2ccc3cc4c(cc3c2)C(C)(C)CCC4(C)C)cc1C(=O)O. The second-order valence-corrected chi connectivity index (χ2v) is 9.26. The number of aromatic nitrogens is 1. The first-order valence-corrected chi connectivity index (χ1v) is 9.57. The molecule has 1 aliphatic rings. The van der Waals surface area contributed by atoms with Gasteiger partial charge in [0.1, 0.15) is 5.69 Å². The van der Waals surface area contributed by atoms with Crippen LogP contribution in [0.25, 0.3) is 21.9 Å². The Morgan fingerprint density at radius 1 is 0.889 bits per heavy atom. The Morgan fingerprint density at radius 3 is 2.04 bits per heavy atom. The van der Waals surface area contributed by atoms with Crippen molar-refractivity contribution in [1.29, 1.82) is 0 Å². The lowest BCUT2D eigenvalue weighted by atomic mass is 9.63. The Bertz CT molecular complexity index is 1070. The molecular weight excluding hydrogens is 334 g/mol. The molecule has 3 nitrogen and oxygen atoms in total. The van der Waals surface area contributed by atoms with Gasteiger partial charge in [0.2, 0.25) is 0 Å². The number of carboxylic acids is 1. The Labute approximate surface area is 160 Å². The van der Waals surface area contributed by atoms with Gasteiger partial charge >= 0.3 is 5.97 Å². The third-order valence-electron chi connectivity index (χ3n) is 6.37. The summed E-state index contributed by atoms with van der Waals surface area (Å²) < 4.78 is 1.67. The summed E-state index contributed by atoms with van der Waals surface area (Å²) >= 11 is 0. The fourth-order valence-electron chi connectivity index (χ4n) is 4.43. The molecule has 1 aliphatic carbocycles. The number of benzene rings is 2. The molecule has 0 saturated heterocycles. The van der Waals surface area contributed by atoms with Crippen LogP contribution in [-0.2, 0) is 17.9 Å². The van der Waals surface area contributed by atoms with Gasteiger partial charge in [0.15, 0.2) is 0 Å². The van der Waals surface area contributed by atoms with Crippen LogP contribution in [0.1, 0.15) is 62.2 Å². The third kappa shape index (κ3) is 2.86. The lowest BCUT2D eigenvalue weighted by Gasteiger charge is -2.42. The van der Waals surface area contributed by atoms with Gasteiger partial charge in [0.25, 0.3) is 0 Å². The van der Waals surface area contributed by atoms with Crippen molar-refractivity contribution >= 4 is 16.7 Å². The van der Waals surface area contributed by atoms with Gasteiger partial charge in [-0.05, 0) is 63.3 Å². The van der Waals surface area contributed by atoms with Crippen molar-refractivity contribution in [2.24, 2.45) is 7.05 Å². The van der Waals surface area contributed by atoms with E-state index in [0.29, 0.717) is 5.69 Å². The van der Waals surface area contributed by atoms with Crippen LogP contribution >= 0.6 is 0 Å². The molecule has 0 radical (unpaired) electrons. The molecule has 1 N–H and O–H groups in total. The molecule has 0 spiro atoms. The maximum atomic E-state index is 11.4. The molecule has 0 bridgehead atoms. The summed E-state index contributed by atoms with van der Waals surface area (Å²) in [6.45, 7) is 9.37. The van der Waals surface area contributed by atoms with Crippen molar-refractivity contribution in [3.05, 3.63) is 59.4 Å². The molecule has 27 heavy (non-hydrogen) atoms. The zero-order valence-electron chi connectivity index (χ0n) is 16.8. The summed E-state index contributed by atoms with van der Waals surface area (Å²) in [7, 11) is 1.77. The molecular formula is C24H27NO2. The van der Waals surface area contributed by atoms with E-state index in [0.717, 1.165) is 11.1 Å². The highest BCUT2D eigenvalue weighted by atomic mass is 16.4. The van der Waals surface area contributed by atoms with Crippen molar-refractivity contribution in [2.75, 3.05) is 0 Å². The van der Waals surface area contributed by atoms with Crippen LogP contribution in [0.15, 0.2) is 42.6 Å². The lowest BCUT2D eigenvalue weighted by molar-refractivity contribution is 0.0686. The number of hydrogen-bond acceptors (Lipinski definition) is 1. The zero-order valence-corrected chi connectivity index (χ0v) is 16.8. The average molecular weight is 361 g/mol. The molecule has 0 atom stereocenters. The van der Waals surface area contributed by atoms with Crippen LogP contribution < -0.4 is 0 Å². The number of nitrogens with zero attached hydrogens (tertiary/aromatic N) is 1. The quantitative estimate of drug-likeness (QED) is 0.618. The molecule has 3 heteroatoms. The largest absolute Gasteiger partial charge is 0.477 e. The van der Waals surface area contributed by atoms with Gasteiger partial charge in [-0.25, -0.2) is 4.79 Å². The lowest BCUT2D eigenvalue weighted by Crippen LogP contribution is -2.33. The Morgan fingerprint density at radius 2 is 1.48 bits per heavy atom. The van der Waals surface area contributed by atoms with E-state index in [1.807, 2.05) is 6.20 Å². The van der Waals surface area contributed by atoms with Crippen LogP contribution in [0.2, 0.25) is 0 Å². The highest BCUT2D eigenvalue weighted by molar-refractivity contribution is 5.91. The van der Waals surface area contributed by atoms with Crippen molar-refractivity contribution < 1.29 is 9.90 Å². The number of aromatic carboxylic acids is 1. The standard InChI is InChI=1S/C24H27NO2/c1-23(2)8-9-24(3,4)20-12-17-10-15(6-7-16(17)11-19(20)23)18-13-21(22(26)27)25(5)14-18/h6-7,10-14H,8-9H2,1-5H3,(H,26,27). The maximum absolute atomic E-state index is 11.4. The molecule has 0 unspecified atom stereocenters. The Kier molecular flexibility index (Phi) is 3.78. The zero-order chi connectivity index (χ0) is 19.6. The molecule has 2 aromatic carbocycles. The highest BCUT2D eigenvalue weighted by Gasteiger charge is 2.37. The molecule has 4 rings (SSSR count). The van der Waals surface area contributed by atoms with Gasteiger partial charge in [-0.2, -0.15) is 0 Å². The second kappa shape index (κ2) is 5.72. The predicted molar refractivity (Wildman–Crippen MR) is 111 cm³/mol. The summed E-state index contributed by atoms with van der Waals surface area (Å²) in [5, 5.41) is 11.8. The van der Waals surface area contributed by atoms with Crippen molar-refractivity contribution in [3.63, 3.8) is 0 Å². The van der Waals surface area contributed by atoms with E-state index in [1.165, 1.54) is 34.7 Å². The molecule has 3 aromatic rings. The van der Waals surface area contributed by atoms with E-state index in [2.05, 4.69) is 58.0 Å². The first-order chi connectivity index (χ1) is 12.6. The van der Waals surface area contributed by atoms with Gasteiger partial charge in [-0.15, -0.1) is 0 Å². The van der Waals surface area contributed by atoms with Crippen molar-refractivity contribution in [2.45, 2.75) is 51.4 Å².